The molecule has 0 amide bonds. The second-order valence-corrected chi connectivity index (χ2v) is 5.42. The van der Waals surface area contributed by atoms with Crippen LogP contribution in [0.3, 0.4) is 0 Å². The lowest BCUT2D eigenvalue weighted by molar-refractivity contribution is -0.151. The maximum absolute atomic E-state index is 14.0. The molecule has 1 aromatic rings. The quantitative estimate of drug-likeness (QED) is 0.848. The van der Waals surface area contributed by atoms with Crippen molar-refractivity contribution in [3.8, 4) is 5.75 Å². The smallest absolute Gasteiger partial charge is 0.326 e. The van der Waals surface area contributed by atoms with Crippen molar-refractivity contribution < 1.29 is 18.7 Å². The Balaban J connectivity index is 2.08. The van der Waals surface area contributed by atoms with E-state index in [-0.39, 0.29) is 23.6 Å². The fourth-order valence-corrected chi connectivity index (χ4v) is 2.78. The lowest BCUT2D eigenvalue weighted by atomic mass is 9.98. The third-order valence-electron chi connectivity index (χ3n) is 4.06. The van der Waals surface area contributed by atoms with Gasteiger partial charge in [-0.25, -0.2) is 4.39 Å². The van der Waals surface area contributed by atoms with E-state index in [1.807, 2.05) is 0 Å². The molecule has 1 aliphatic rings. The van der Waals surface area contributed by atoms with Gasteiger partial charge in [0.25, 0.3) is 0 Å². The number of rotatable bonds is 5. The van der Waals surface area contributed by atoms with Gasteiger partial charge in [0.15, 0.2) is 11.6 Å². The molecule has 5 heteroatoms. The minimum absolute atomic E-state index is 0.196. The molecule has 1 aromatic carbocycles. The van der Waals surface area contributed by atoms with Gasteiger partial charge >= 0.3 is 5.97 Å². The predicted molar refractivity (Wildman–Crippen MR) is 77.8 cm³/mol. The van der Waals surface area contributed by atoms with Crippen LogP contribution in [0.1, 0.15) is 31.7 Å². The standard InChI is InChI=1S/C16H22FNO3/c1-4-20-15(19)16(18-3)9-8-12(10-16)21-13-7-5-6-11(2)14(13)17/h5-7,12,18H,4,8-10H2,1-3H3. The topological polar surface area (TPSA) is 47.6 Å². The molecule has 21 heavy (non-hydrogen) atoms. The van der Waals surface area contributed by atoms with E-state index in [2.05, 4.69) is 5.32 Å². The Morgan fingerprint density at radius 1 is 1.52 bits per heavy atom. The third-order valence-corrected chi connectivity index (χ3v) is 4.06. The van der Waals surface area contributed by atoms with Crippen LogP contribution in [0.2, 0.25) is 0 Å². The summed E-state index contributed by atoms with van der Waals surface area (Å²) in [6.07, 6.45) is 1.60. The van der Waals surface area contributed by atoms with E-state index in [0.29, 0.717) is 31.4 Å². The van der Waals surface area contributed by atoms with E-state index in [4.69, 9.17) is 9.47 Å². The average molecular weight is 295 g/mol. The van der Waals surface area contributed by atoms with E-state index in [1.54, 1.807) is 39.1 Å². The van der Waals surface area contributed by atoms with Gasteiger partial charge in [-0.2, -0.15) is 0 Å². The number of esters is 1. The largest absolute Gasteiger partial charge is 0.487 e. The van der Waals surface area contributed by atoms with Crippen molar-refractivity contribution in [3.63, 3.8) is 0 Å². The van der Waals surface area contributed by atoms with Gasteiger partial charge in [0, 0.05) is 6.42 Å². The van der Waals surface area contributed by atoms with Gasteiger partial charge in [-0.15, -0.1) is 0 Å². The first-order valence-electron chi connectivity index (χ1n) is 7.30. The summed E-state index contributed by atoms with van der Waals surface area (Å²) in [5.74, 6) is -0.352. The van der Waals surface area contributed by atoms with E-state index in [0.717, 1.165) is 0 Å². The minimum atomic E-state index is -0.721. The van der Waals surface area contributed by atoms with E-state index >= 15 is 0 Å². The number of hydrogen-bond donors (Lipinski definition) is 1. The van der Waals surface area contributed by atoms with Crippen molar-refractivity contribution in [3.05, 3.63) is 29.6 Å². The zero-order valence-electron chi connectivity index (χ0n) is 12.7. The third kappa shape index (κ3) is 3.18. The molecule has 4 nitrogen and oxygen atoms in total. The SMILES string of the molecule is CCOC(=O)C1(NC)CCC(Oc2cccc(C)c2F)C1. The summed E-state index contributed by atoms with van der Waals surface area (Å²) in [4.78, 5) is 12.1. The number of nitrogens with one attached hydrogen (secondary N) is 1. The number of carbonyl (C=O) groups is 1. The molecule has 2 rings (SSSR count). The fourth-order valence-electron chi connectivity index (χ4n) is 2.78. The van der Waals surface area contributed by atoms with Crippen molar-refractivity contribution in [2.24, 2.45) is 0 Å². The monoisotopic (exact) mass is 295 g/mol. The van der Waals surface area contributed by atoms with E-state index < -0.39 is 5.54 Å². The number of ether oxygens (including phenoxy) is 2. The second-order valence-electron chi connectivity index (χ2n) is 5.42. The number of carbonyl (C=O) groups excluding carboxylic acids is 1. The zero-order chi connectivity index (χ0) is 15.5. The van der Waals surface area contributed by atoms with Gasteiger partial charge < -0.3 is 14.8 Å². The molecule has 0 aromatic heterocycles. The van der Waals surface area contributed by atoms with E-state index in [1.165, 1.54) is 0 Å². The molecule has 0 bridgehead atoms. The number of aryl methyl sites for hydroxylation is 1. The Hall–Kier alpha value is -1.62. The molecule has 116 valence electrons. The normalized spacial score (nSPS) is 24.9. The highest BCUT2D eigenvalue weighted by Gasteiger charge is 2.46. The molecular weight excluding hydrogens is 273 g/mol. The van der Waals surface area contributed by atoms with Crippen molar-refractivity contribution in [1.29, 1.82) is 0 Å². The molecule has 0 aliphatic heterocycles. The van der Waals surface area contributed by atoms with Crippen LogP contribution in [-0.2, 0) is 9.53 Å². The first-order chi connectivity index (χ1) is 10.0. The van der Waals surface area contributed by atoms with Crippen LogP contribution in [0, 0.1) is 12.7 Å². The maximum Gasteiger partial charge on any atom is 0.326 e. The highest BCUT2D eigenvalue weighted by Crippen LogP contribution is 2.34. The fraction of sp³-hybridized carbons (Fsp3) is 0.562. The summed E-state index contributed by atoms with van der Waals surface area (Å²) in [6.45, 7) is 3.83. The summed E-state index contributed by atoms with van der Waals surface area (Å²) in [5.41, 5.74) is -0.170. The van der Waals surface area contributed by atoms with Crippen LogP contribution >= 0.6 is 0 Å². The molecule has 2 unspecified atom stereocenters. The number of halogens is 1. The highest BCUT2D eigenvalue weighted by molar-refractivity contribution is 5.81. The van der Waals surface area contributed by atoms with Gasteiger partial charge in [0.2, 0.25) is 0 Å². The molecule has 1 saturated carbocycles. The average Bonchev–Trinajstić information content (AvgIpc) is 2.89. The summed E-state index contributed by atoms with van der Waals surface area (Å²) < 4.78 is 24.9. The number of hydrogen-bond acceptors (Lipinski definition) is 4. The lowest BCUT2D eigenvalue weighted by Crippen LogP contribution is -2.49. The Morgan fingerprint density at radius 2 is 2.29 bits per heavy atom. The highest BCUT2D eigenvalue weighted by atomic mass is 19.1. The summed E-state index contributed by atoms with van der Waals surface area (Å²) >= 11 is 0. The number of likely N-dealkylation sites (N-methyl/N-ethyl adjacent to an activating group) is 1. The van der Waals surface area contributed by atoms with E-state index in [9.17, 15) is 9.18 Å². The molecule has 0 spiro atoms. The summed E-state index contributed by atoms with van der Waals surface area (Å²) in [7, 11) is 1.74. The maximum atomic E-state index is 14.0. The Bertz CT molecular complexity index is 520. The lowest BCUT2D eigenvalue weighted by Gasteiger charge is -2.26. The summed E-state index contributed by atoms with van der Waals surface area (Å²) in [6, 6.07) is 5.08. The van der Waals surface area contributed by atoms with Crippen LogP contribution in [-0.4, -0.2) is 31.3 Å². The van der Waals surface area contributed by atoms with Gasteiger partial charge in [0.1, 0.15) is 11.6 Å². The Kier molecular flexibility index (Phi) is 4.83. The molecular formula is C16H22FNO3. The molecule has 2 atom stereocenters. The van der Waals surface area contributed by atoms with Crippen molar-refractivity contribution in [2.75, 3.05) is 13.7 Å². The summed E-state index contributed by atoms with van der Waals surface area (Å²) in [5, 5.41) is 3.06. The van der Waals surface area contributed by atoms with Gasteiger partial charge in [-0.05, 0) is 45.4 Å². The Labute approximate surface area is 124 Å². The van der Waals surface area contributed by atoms with Crippen LogP contribution in [0.4, 0.5) is 4.39 Å². The van der Waals surface area contributed by atoms with Gasteiger partial charge in [-0.3, -0.25) is 4.79 Å². The zero-order valence-corrected chi connectivity index (χ0v) is 12.7. The molecule has 0 heterocycles. The molecule has 0 saturated heterocycles. The van der Waals surface area contributed by atoms with Crippen molar-refractivity contribution in [1.82, 2.24) is 5.32 Å². The van der Waals surface area contributed by atoms with Crippen molar-refractivity contribution >= 4 is 5.97 Å². The number of benzene rings is 1. The van der Waals surface area contributed by atoms with Crippen molar-refractivity contribution in [2.45, 2.75) is 44.8 Å². The van der Waals surface area contributed by atoms with Crippen LogP contribution in [0.5, 0.6) is 5.75 Å². The predicted octanol–water partition coefficient (Wildman–Crippen LogP) is 2.59. The molecule has 1 N–H and O–H groups in total. The van der Waals surface area contributed by atoms with Gasteiger partial charge in [0.05, 0.1) is 6.61 Å². The first-order valence-corrected chi connectivity index (χ1v) is 7.30. The molecule has 0 radical (unpaired) electrons. The van der Waals surface area contributed by atoms with Crippen LogP contribution < -0.4 is 10.1 Å². The minimum Gasteiger partial charge on any atom is -0.487 e. The van der Waals surface area contributed by atoms with Crippen LogP contribution in [0.25, 0.3) is 0 Å². The van der Waals surface area contributed by atoms with Crippen LogP contribution in [0.15, 0.2) is 18.2 Å². The van der Waals surface area contributed by atoms with Gasteiger partial charge in [-0.1, -0.05) is 12.1 Å². The Morgan fingerprint density at radius 3 is 2.95 bits per heavy atom. The molecule has 1 aliphatic carbocycles. The molecule has 1 fully saturated rings. The first kappa shape index (κ1) is 15.8. The second kappa shape index (κ2) is 6.43.